The molecule has 0 fully saturated rings. The van der Waals surface area contributed by atoms with Crippen LogP contribution in [0, 0.1) is 64.0 Å². The smallest absolute Gasteiger partial charge is 0.200 e. The van der Waals surface area contributed by atoms with Crippen molar-refractivity contribution in [2.45, 2.75) is 0 Å². The molecule has 37 heavy (non-hydrogen) atoms. The molecule has 0 bridgehead atoms. The Morgan fingerprint density at radius 1 is 0.297 bits per heavy atom. The lowest BCUT2D eigenvalue weighted by molar-refractivity contribution is 0.381. The molecule has 0 aromatic heterocycles. The van der Waals surface area contributed by atoms with E-state index >= 15 is 0 Å². The van der Waals surface area contributed by atoms with Crippen molar-refractivity contribution in [2.75, 3.05) is 0 Å². The molecule has 0 radical (unpaired) electrons. The molecule has 5 aromatic carbocycles. The standard InChI is InChI=1S/C26H7F11/c27-12-5-10-11(6-13(12)28)17(19-22(33)24(35)26(37)25(36)23(19)34)9-4-2-1-3-8(9)16(10)18-20(31)14(29)7-15(30)21(18)32/h1-7H. The van der Waals surface area contributed by atoms with Crippen molar-refractivity contribution in [1.29, 1.82) is 0 Å². The normalized spacial score (nSPS) is 11.6. The van der Waals surface area contributed by atoms with E-state index < -0.39 is 108 Å². The molecule has 0 heterocycles. The van der Waals surface area contributed by atoms with E-state index in [2.05, 4.69) is 0 Å². The first-order valence-electron chi connectivity index (χ1n) is 10.1. The van der Waals surface area contributed by atoms with Gasteiger partial charge < -0.3 is 0 Å². The van der Waals surface area contributed by atoms with Crippen LogP contribution in [0.5, 0.6) is 0 Å². The van der Waals surface area contributed by atoms with Gasteiger partial charge in [0.2, 0.25) is 5.82 Å². The molecule has 5 aromatic rings. The Morgan fingerprint density at radius 2 is 0.649 bits per heavy atom. The Hall–Kier alpha value is -4.15. The largest absolute Gasteiger partial charge is 0.204 e. The second-order valence-corrected chi connectivity index (χ2v) is 7.90. The summed E-state index contributed by atoms with van der Waals surface area (Å²) in [7, 11) is 0. The first kappa shape index (κ1) is 24.5. The van der Waals surface area contributed by atoms with Crippen LogP contribution in [-0.4, -0.2) is 0 Å². The lowest BCUT2D eigenvalue weighted by atomic mass is 9.85. The second-order valence-electron chi connectivity index (χ2n) is 7.90. The lowest BCUT2D eigenvalue weighted by Gasteiger charge is -2.20. The van der Waals surface area contributed by atoms with Gasteiger partial charge in [-0.1, -0.05) is 24.3 Å². The van der Waals surface area contributed by atoms with Crippen LogP contribution in [0.4, 0.5) is 48.3 Å². The van der Waals surface area contributed by atoms with Crippen LogP contribution in [0.1, 0.15) is 0 Å². The highest BCUT2D eigenvalue weighted by Gasteiger charge is 2.31. The molecule has 0 atom stereocenters. The maximum Gasteiger partial charge on any atom is 0.200 e. The Balaban J connectivity index is 2.13. The molecule has 0 unspecified atom stereocenters. The van der Waals surface area contributed by atoms with Crippen molar-refractivity contribution >= 4 is 21.5 Å². The molecule has 188 valence electrons. The molecule has 0 nitrogen and oxygen atoms in total. The number of hydrogen-bond acceptors (Lipinski definition) is 0. The zero-order valence-corrected chi connectivity index (χ0v) is 17.7. The van der Waals surface area contributed by atoms with Crippen molar-refractivity contribution < 1.29 is 48.3 Å². The predicted octanol–water partition coefficient (Wildman–Crippen LogP) is 8.86. The third-order valence-corrected chi connectivity index (χ3v) is 5.89. The van der Waals surface area contributed by atoms with Crippen LogP contribution in [-0.2, 0) is 0 Å². The summed E-state index contributed by atoms with van der Waals surface area (Å²) in [5.74, 6) is -22.7. The average molecular weight is 528 g/mol. The van der Waals surface area contributed by atoms with Gasteiger partial charge in [0.25, 0.3) is 0 Å². The molecule has 0 aliphatic heterocycles. The van der Waals surface area contributed by atoms with Crippen LogP contribution >= 0.6 is 0 Å². The van der Waals surface area contributed by atoms with Gasteiger partial charge in [0.1, 0.15) is 0 Å². The first-order valence-corrected chi connectivity index (χ1v) is 10.1. The first-order chi connectivity index (χ1) is 17.5. The van der Waals surface area contributed by atoms with E-state index in [0.717, 1.165) is 12.1 Å². The summed E-state index contributed by atoms with van der Waals surface area (Å²) in [5, 5.41) is -2.39. The second kappa shape index (κ2) is 8.46. The number of benzene rings is 5. The van der Waals surface area contributed by atoms with E-state index in [-0.39, 0.29) is 6.07 Å². The van der Waals surface area contributed by atoms with Gasteiger partial charge in [-0.25, -0.2) is 48.3 Å². The molecule has 0 saturated carbocycles. The SMILES string of the molecule is Fc1cc2c(-c3c(F)c(F)cc(F)c3F)c3ccccc3c(-c3c(F)c(F)c(F)c(F)c3F)c2cc1F. The molecular weight excluding hydrogens is 521 g/mol. The Bertz CT molecular complexity index is 1740. The fraction of sp³-hybridized carbons (Fsp3) is 0. The van der Waals surface area contributed by atoms with E-state index in [1.165, 1.54) is 12.1 Å². The summed E-state index contributed by atoms with van der Waals surface area (Å²) in [6.45, 7) is 0. The van der Waals surface area contributed by atoms with Gasteiger partial charge in [-0.15, -0.1) is 0 Å². The van der Waals surface area contributed by atoms with E-state index in [9.17, 15) is 48.3 Å². The minimum atomic E-state index is -2.49. The van der Waals surface area contributed by atoms with Crippen LogP contribution in [0.25, 0.3) is 43.8 Å². The van der Waals surface area contributed by atoms with E-state index in [1.54, 1.807) is 0 Å². The maximum absolute atomic E-state index is 14.9. The topological polar surface area (TPSA) is 0 Å². The third-order valence-electron chi connectivity index (χ3n) is 5.89. The molecule has 0 spiro atoms. The van der Waals surface area contributed by atoms with Crippen molar-refractivity contribution in [3.63, 3.8) is 0 Å². The number of rotatable bonds is 2. The van der Waals surface area contributed by atoms with Gasteiger partial charge in [-0.05, 0) is 33.7 Å². The Morgan fingerprint density at radius 3 is 1.05 bits per heavy atom. The maximum atomic E-state index is 14.9. The minimum absolute atomic E-state index is 0.0952. The van der Waals surface area contributed by atoms with Crippen molar-refractivity contribution in [3.8, 4) is 22.3 Å². The summed E-state index contributed by atoms with van der Waals surface area (Å²) >= 11 is 0. The van der Waals surface area contributed by atoms with E-state index in [0.29, 0.717) is 12.1 Å². The summed E-state index contributed by atoms with van der Waals surface area (Å²) in [6.07, 6.45) is 0. The van der Waals surface area contributed by atoms with E-state index in [1.807, 2.05) is 0 Å². The molecule has 0 saturated heterocycles. The minimum Gasteiger partial charge on any atom is -0.204 e. The van der Waals surface area contributed by atoms with Crippen molar-refractivity contribution in [2.24, 2.45) is 0 Å². The van der Waals surface area contributed by atoms with Gasteiger partial charge >= 0.3 is 0 Å². The molecule has 0 N–H and O–H groups in total. The zero-order valence-electron chi connectivity index (χ0n) is 17.7. The Kier molecular flexibility index (Phi) is 5.61. The van der Waals surface area contributed by atoms with Gasteiger partial charge in [-0.3, -0.25) is 0 Å². The Labute approximate surface area is 199 Å². The van der Waals surface area contributed by atoms with Gasteiger partial charge in [0.15, 0.2) is 58.2 Å². The number of halogens is 11. The van der Waals surface area contributed by atoms with Crippen LogP contribution in [0.3, 0.4) is 0 Å². The van der Waals surface area contributed by atoms with Gasteiger partial charge in [0, 0.05) is 17.2 Å². The predicted molar refractivity (Wildman–Crippen MR) is 112 cm³/mol. The van der Waals surface area contributed by atoms with Crippen molar-refractivity contribution in [1.82, 2.24) is 0 Å². The van der Waals surface area contributed by atoms with Crippen LogP contribution in [0.2, 0.25) is 0 Å². The molecule has 0 aliphatic rings. The average Bonchev–Trinajstić information content (AvgIpc) is 2.87. The monoisotopic (exact) mass is 528 g/mol. The molecule has 0 amide bonds. The number of fused-ring (bicyclic) bond motifs is 2. The quantitative estimate of drug-likeness (QED) is 0.0930. The van der Waals surface area contributed by atoms with Crippen LogP contribution in [0.15, 0.2) is 42.5 Å². The van der Waals surface area contributed by atoms with Crippen LogP contribution < -0.4 is 0 Å². The lowest BCUT2D eigenvalue weighted by Crippen LogP contribution is -2.06. The molecular formula is C26H7F11. The fourth-order valence-electron chi connectivity index (χ4n) is 4.33. The molecule has 0 aliphatic carbocycles. The highest BCUT2D eigenvalue weighted by Crippen LogP contribution is 2.47. The van der Waals surface area contributed by atoms with Gasteiger partial charge in [0.05, 0.1) is 11.1 Å². The summed E-state index contributed by atoms with van der Waals surface area (Å²) in [5.41, 5.74) is -4.51. The summed E-state index contributed by atoms with van der Waals surface area (Å²) in [6, 6.07) is 5.02. The molecule has 5 rings (SSSR count). The molecule has 11 heteroatoms. The van der Waals surface area contributed by atoms with E-state index in [4.69, 9.17) is 0 Å². The van der Waals surface area contributed by atoms with Gasteiger partial charge in [-0.2, -0.15) is 0 Å². The summed E-state index contributed by atoms with van der Waals surface area (Å²) < 4.78 is 158. The third kappa shape index (κ3) is 3.44. The highest BCUT2D eigenvalue weighted by atomic mass is 19.2. The fourth-order valence-corrected chi connectivity index (χ4v) is 4.33. The van der Waals surface area contributed by atoms with Crippen molar-refractivity contribution in [3.05, 3.63) is 106 Å². The summed E-state index contributed by atoms with van der Waals surface area (Å²) in [4.78, 5) is 0. The number of hydrogen-bond donors (Lipinski definition) is 0. The highest BCUT2D eigenvalue weighted by molar-refractivity contribution is 6.21. The zero-order chi connectivity index (χ0) is 26.9.